The van der Waals surface area contributed by atoms with Crippen LogP contribution in [-0.2, 0) is 16.0 Å². The Kier molecular flexibility index (Phi) is 3.87. The van der Waals surface area contributed by atoms with Crippen molar-refractivity contribution in [1.82, 2.24) is 4.98 Å². The Hall–Kier alpha value is -1.82. The first kappa shape index (κ1) is 11.3. The smallest absolute Gasteiger partial charge is 0.291 e. The summed E-state index contributed by atoms with van der Waals surface area (Å²) in [7, 11) is 1.39. The van der Waals surface area contributed by atoms with Gasteiger partial charge in [-0.15, -0.1) is 0 Å². The van der Waals surface area contributed by atoms with E-state index in [1.165, 1.54) is 25.4 Å². The zero-order chi connectivity index (χ0) is 11.3. The average molecular weight is 210 g/mol. The SMILES string of the molecule is COCC(=O)Cc1ncccc1[N+](=O)[O-]. The number of carbonyl (C=O) groups excluding carboxylic acids is 1. The molecule has 0 radical (unpaired) electrons. The molecule has 1 aromatic heterocycles. The number of nitro groups is 1. The number of pyridine rings is 1. The van der Waals surface area contributed by atoms with Crippen LogP contribution in [0.2, 0.25) is 0 Å². The van der Waals surface area contributed by atoms with Crippen LogP contribution in [0, 0.1) is 10.1 Å². The lowest BCUT2D eigenvalue weighted by Crippen LogP contribution is -2.12. The molecule has 15 heavy (non-hydrogen) atoms. The summed E-state index contributed by atoms with van der Waals surface area (Å²) >= 11 is 0. The van der Waals surface area contributed by atoms with Crippen LogP contribution < -0.4 is 0 Å². The van der Waals surface area contributed by atoms with Crippen molar-refractivity contribution in [3.63, 3.8) is 0 Å². The fraction of sp³-hybridized carbons (Fsp3) is 0.333. The van der Waals surface area contributed by atoms with Gasteiger partial charge in [-0.05, 0) is 6.07 Å². The lowest BCUT2D eigenvalue weighted by molar-refractivity contribution is -0.385. The van der Waals surface area contributed by atoms with Gasteiger partial charge in [0, 0.05) is 19.4 Å². The van der Waals surface area contributed by atoms with E-state index in [2.05, 4.69) is 9.72 Å². The maximum Gasteiger partial charge on any atom is 0.291 e. The highest BCUT2D eigenvalue weighted by atomic mass is 16.6. The Bertz CT molecular complexity index is 378. The molecule has 0 unspecified atom stereocenters. The minimum atomic E-state index is -0.553. The second-order valence-electron chi connectivity index (χ2n) is 2.87. The molecule has 0 aliphatic carbocycles. The molecule has 80 valence electrons. The number of rotatable bonds is 5. The fourth-order valence-corrected chi connectivity index (χ4v) is 1.13. The second kappa shape index (κ2) is 5.16. The second-order valence-corrected chi connectivity index (χ2v) is 2.87. The molecule has 1 rings (SSSR count). The normalized spacial score (nSPS) is 9.93. The van der Waals surface area contributed by atoms with Gasteiger partial charge >= 0.3 is 0 Å². The molecule has 0 aliphatic rings. The predicted octanol–water partition coefficient (Wildman–Crippen LogP) is 0.748. The molecule has 6 heteroatoms. The molecule has 1 aromatic rings. The minimum Gasteiger partial charge on any atom is -0.377 e. The zero-order valence-electron chi connectivity index (χ0n) is 8.17. The Labute approximate surface area is 86.0 Å². The van der Waals surface area contributed by atoms with E-state index in [4.69, 9.17) is 0 Å². The Balaban J connectivity index is 2.84. The molecule has 0 amide bonds. The molecule has 0 bridgehead atoms. The fourth-order valence-electron chi connectivity index (χ4n) is 1.13. The van der Waals surface area contributed by atoms with Crippen LogP contribution in [0.1, 0.15) is 5.69 Å². The van der Waals surface area contributed by atoms with E-state index in [0.29, 0.717) is 0 Å². The molecule has 0 saturated heterocycles. The number of nitrogens with zero attached hydrogens (tertiary/aromatic N) is 2. The van der Waals surface area contributed by atoms with Gasteiger partial charge in [0.2, 0.25) is 0 Å². The van der Waals surface area contributed by atoms with Crippen LogP contribution >= 0.6 is 0 Å². The van der Waals surface area contributed by atoms with E-state index >= 15 is 0 Å². The Morgan fingerprint density at radius 1 is 1.67 bits per heavy atom. The number of ketones is 1. The quantitative estimate of drug-likeness (QED) is 0.529. The number of hydrogen-bond donors (Lipinski definition) is 0. The minimum absolute atomic E-state index is 0.0618. The van der Waals surface area contributed by atoms with Gasteiger partial charge in [-0.25, -0.2) is 0 Å². The van der Waals surface area contributed by atoms with Gasteiger partial charge in [-0.2, -0.15) is 0 Å². The standard InChI is InChI=1S/C9H10N2O4/c1-15-6-7(12)5-8-9(11(13)14)3-2-4-10-8/h2-4H,5-6H2,1H3. The van der Waals surface area contributed by atoms with E-state index in [9.17, 15) is 14.9 Å². The monoisotopic (exact) mass is 210 g/mol. The Morgan fingerprint density at radius 2 is 2.40 bits per heavy atom. The third-order valence-corrected chi connectivity index (χ3v) is 1.73. The van der Waals surface area contributed by atoms with E-state index in [0.717, 1.165) is 0 Å². The van der Waals surface area contributed by atoms with Crippen molar-refractivity contribution in [1.29, 1.82) is 0 Å². The average Bonchev–Trinajstić information content (AvgIpc) is 2.18. The maximum absolute atomic E-state index is 11.2. The van der Waals surface area contributed by atoms with Gasteiger partial charge in [0.25, 0.3) is 5.69 Å². The highest BCUT2D eigenvalue weighted by Crippen LogP contribution is 2.15. The predicted molar refractivity (Wildman–Crippen MR) is 51.5 cm³/mol. The van der Waals surface area contributed by atoms with Crippen LogP contribution in [0.5, 0.6) is 0 Å². The lowest BCUT2D eigenvalue weighted by atomic mass is 10.2. The Morgan fingerprint density at radius 3 is 3.00 bits per heavy atom. The van der Waals surface area contributed by atoms with Gasteiger partial charge in [0.1, 0.15) is 12.3 Å². The summed E-state index contributed by atoms with van der Waals surface area (Å²) in [5.74, 6) is -0.237. The van der Waals surface area contributed by atoms with E-state index < -0.39 is 4.92 Å². The number of Topliss-reactive ketones (excluding diaryl/α,β-unsaturated/α-hetero) is 1. The van der Waals surface area contributed by atoms with Crippen LogP contribution in [0.25, 0.3) is 0 Å². The first-order valence-electron chi connectivity index (χ1n) is 4.24. The third kappa shape index (κ3) is 3.10. The van der Waals surface area contributed by atoms with Gasteiger partial charge in [-0.3, -0.25) is 19.9 Å². The van der Waals surface area contributed by atoms with Crippen molar-refractivity contribution in [3.8, 4) is 0 Å². The van der Waals surface area contributed by atoms with Crippen molar-refractivity contribution in [2.24, 2.45) is 0 Å². The lowest BCUT2D eigenvalue weighted by Gasteiger charge is -2.00. The summed E-state index contributed by atoms with van der Waals surface area (Å²) in [6.45, 7) is -0.0618. The van der Waals surface area contributed by atoms with Crippen LogP contribution in [0.4, 0.5) is 5.69 Å². The summed E-state index contributed by atoms with van der Waals surface area (Å²) in [6.07, 6.45) is 1.34. The number of carbonyl (C=O) groups is 1. The molecule has 0 N–H and O–H groups in total. The van der Waals surface area contributed by atoms with Gasteiger partial charge in [0.05, 0.1) is 11.3 Å². The highest BCUT2D eigenvalue weighted by molar-refractivity contribution is 5.82. The first-order valence-corrected chi connectivity index (χ1v) is 4.24. The van der Waals surface area contributed by atoms with Crippen LogP contribution in [0.15, 0.2) is 18.3 Å². The number of hydrogen-bond acceptors (Lipinski definition) is 5. The van der Waals surface area contributed by atoms with Crippen molar-refractivity contribution in [2.75, 3.05) is 13.7 Å². The molecule has 1 heterocycles. The molecule has 6 nitrogen and oxygen atoms in total. The van der Waals surface area contributed by atoms with Crippen molar-refractivity contribution < 1.29 is 14.5 Å². The molecule has 0 fully saturated rings. The maximum atomic E-state index is 11.2. The van der Waals surface area contributed by atoms with E-state index in [1.807, 2.05) is 0 Å². The number of aromatic nitrogens is 1. The molecule has 0 aromatic carbocycles. The van der Waals surface area contributed by atoms with Crippen molar-refractivity contribution in [2.45, 2.75) is 6.42 Å². The first-order chi connectivity index (χ1) is 7.15. The summed E-state index contributed by atoms with van der Waals surface area (Å²) in [5.41, 5.74) is 0.0338. The van der Waals surface area contributed by atoms with Gasteiger partial charge in [0.15, 0.2) is 5.78 Å². The molecular formula is C9H10N2O4. The highest BCUT2D eigenvalue weighted by Gasteiger charge is 2.16. The number of ether oxygens (including phenoxy) is 1. The summed E-state index contributed by atoms with van der Waals surface area (Å²) in [4.78, 5) is 25.0. The zero-order valence-corrected chi connectivity index (χ0v) is 8.17. The summed E-state index contributed by atoms with van der Waals surface area (Å²) in [6, 6.07) is 2.78. The summed E-state index contributed by atoms with van der Waals surface area (Å²) < 4.78 is 4.63. The van der Waals surface area contributed by atoms with Gasteiger partial charge in [-0.1, -0.05) is 0 Å². The molecule has 0 atom stereocenters. The largest absolute Gasteiger partial charge is 0.377 e. The van der Waals surface area contributed by atoms with Crippen molar-refractivity contribution in [3.05, 3.63) is 34.1 Å². The molecular weight excluding hydrogens is 200 g/mol. The van der Waals surface area contributed by atoms with E-state index in [-0.39, 0.29) is 30.2 Å². The van der Waals surface area contributed by atoms with Crippen LogP contribution in [0.3, 0.4) is 0 Å². The van der Waals surface area contributed by atoms with Crippen molar-refractivity contribution >= 4 is 11.5 Å². The topological polar surface area (TPSA) is 82.3 Å². The van der Waals surface area contributed by atoms with Crippen LogP contribution in [-0.4, -0.2) is 29.4 Å². The molecule has 0 spiro atoms. The summed E-state index contributed by atoms with van der Waals surface area (Å²) in [5, 5.41) is 10.6. The third-order valence-electron chi connectivity index (χ3n) is 1.73. The van der Waals surface area contributed by atoms with Gasteiger partial charge < -0.3 is 4.74 Å². The van der Waals surface area contributed by atoms with E-state index in [1.54, 1.807) is 0 Å². The number of methoxy groups -OCH3 is 1. The molecule has 0 saturated carbocycles. The molecule has 0 aliphatic heterocycles.